The number of pyridine rings is 1. The van der Waals surface area contributed by atoms with Gasteiger partial charge in [0, 0.05) is 15.3 Å². The molecule has 0 bridgehead atoms. The summed E-state index contributed by atoms with van der Waals surface area (Å²) in [5.74, 6) is -0.313. The van der Waals surface area contributed by atoms with Gasteiger partial charge in [0.05, 0.1) is 33.2 Å². The molecule has 4 aromatic heterocycles. The molecule has 5 aromatic rings. The van der Waals surface area contributed by atoms with Crippen LogP contribution in [-0.4, -0.2) is 26.1 Å². The summed E-state index contributed by atoms with van der Waals surface area (Å²) >= 11 is 1.65. The fraction of sp³-hybridized carbons (Fsp3) is 0.208. The van der Waals surface area contributed by atoms with Gasteiger partial charge in [-0.1, -0.05) is 17.3 Å². The summed E-state index contributed by atoms with van der Waals surface area (Å²) in [5, 5.41) is 4.96. The average molecular weight is 461 g/mol. The van der Waals surface area contributed by atoms with Crippen molar-refractivity contribution in [3.8, 4) is 11.3 Å². The highest BCUT2D eigenvalue weighted by Gasteiger charge is 2.24. The first-order chi connectivity index (χ1) is 15.8. The number of aryl methyl sites for hydroxylation is 3. The van der Waals surface area contributed by atoms with Crippen LogP contribution in [0.25, 0.3) is 33.3 Å². The maximum atomic E-state index is 13.3. The van der Waals surface area contributed by atoms with Crippen LogP contribution in [0.1, 0.15) is 44.7 Å². The number of fused-ring (bicyclic) bond motifs is 2. The lowest BCUT2D eigenvalue weighted by atomic mass is 10.1. The third-order valence-corrected chi connectivity index (χ3v) is 6.42. The number of rotatable bonds is 4. The number of hydrogen-bond acceptors (Lipinski definition) is 8. The number of aromatic nitrogens is 4. The van der Waals surface area contributed by atoms with Gasteiger partial charge < -0.3 is 14.2 Å². The Hall–Kier alpha value is -3.85. The highest BCUT2D eigenvalue weighted by Crippen LogP contribution is 2.33. The zero-order valence-electron chi connectivity index (χ0n) is 18.4. The van der Waals surface area contributed by atoms with Crippen LogP contribution in [-0.2, 0) is 4.74 Å². The Morgan fingerprint density at radius 3 is 2.70 bits per heavy atom. The highest BCUT2D eigenvalue weighted by molar-refractivity contribution is 7.12. The van der Waals surface area contributed by atoms with E-state index < -0.39 is 12.1 Å². The van der Waals surface area contributed by atoms with Crippen molar-refractivity contribution < 1.29 is 14.1 Å². The molecule has 0 saturated carbocycles. The molecule has 8 nitrogen and oxygen atoms in total. The molecule has 5 rings (SSSR count). The van der Waals surface area contributed by atoms with Crippen LogP contribution in [0.15, 0.2) is 45.7 Å². The Morgan fingerprint density at radius 1 is 1.15 bits per heavy atom. The summed E-state index contributed by atoms with van der Waals surface area (Å²) in [6.07, 6.45) is -0.785. The summed E-state index contributed by atoms with van der Waals surface area (Å²) < 4.78 is 11.1. The van der Waals surface area contributed by atoms with Crippen molar-refractivity contribution >= 4 is 39.3 Å². The van der Waals surface area contributed by atoms with Gasteiger partial charge in [0.25, 0.3) is 11.3 Å². The average Bonchev–Trinajstić information content (AvgIpc) is 3.34. The molecule has 0 amide bonds. The number of ether oxygens (including phenoxy) is 1. The summed E-state index contributed by atoms with van der Waals surface area (Å²) in [7, 11) is 0. The Bertz CT molecular complexity index is 1600. The number of benzene rings is 1. The summed E-state index contributed by atoms with van der Waals surface area (Å²) in [6, 6.07) is 10.7. The molecular weight excluding hydrogens is 440 g/mol. The Morgan fingerprint density at radius 2 is 1.94 bits per heavy atom. The first-order valence-electron chi connectivity index (χ1n) is 10.4. The minimum absolute atomic E-state index is 0.268. The van der Waals surface area contributed by atoms with Gasteiger partial charge in [-0.2, -0.15) is 0 Å². The predicted molar refractivity (Wildman–Crippen MR) is 126 cm³/mol. The summed E-state index contributed by atoms with van der Waals surface area (Å²) in [5.41, 5.74) is 2.89. The normalized spacial score (nSPS) is 12.4. The lowest BCUT2D eigenvalue weighted by molar-refractivity contribution is 0.0322. The van der Waals surface area contributed by atoms with E-state index in [9.17, 15) is 9.59 Å². The number of aromatic amines is 1. The number of para-hydroxylation sites is 1. The van der Waals surface area contributed by atoms with E-state index in [2.05, 4.69) is 20.1 Å². The number of esters is 1. The second-order valence-corrected chi connectivity index (χ2v) is 9.31. The largest absolute Gasteiger partial charge is 0.451 e. The van der Waals surface area contributed by atoms with Gasteiger partial charge in [0.15, 0.2) is 11.9 Å². The lowest BCUT2D eigenvalue weighted by Gasteiger charge is -2.14. The molecule has 1 aromatic carbocycles. The Balaban J connectivity index is 1.55. The fourth-order valence-corrected chi connectivity index (χ4v) is 4.79. The van der Waals surface area contributed by atoms with Crippen molar-refractivity contribution in [3.63, 3.8) is 0 Å². The first-order valence-corrected chi connectivity index (χ1v) is 11.2. The maximum Gasteiger partial charge on any atom is 0.339 e. The van der Waals surface area contributed by atoms with Gasteiger partial charge in [-0.15, -0.1) is 11.3 Å². The van der Waals surface area contributed by atoms with Crippen molar-refractivity contribution in [2.24, 2.45) is 0 Å². The molecule has 0 fully saturated rings. The molecule has 0 aliphatic rings. The maximum absolute atomic E-state index is 13.3. The predicted octanol–water partition coefficient (Wildman–Crippen LogP) is 5.03. The number of thiophene rings is 1. The van der Waals surface area contributed by atoms with Crippen molar-refractivity contribution in [1.82, 2.24) is 20.1 Å². The highest BCUT2D eigenvalue weighted by atomic mass is 32.1. The van der Waals surface area contributed by atoms with Crippen LogP contribution in [0.3, 0.4) is 0 Å². The Labute approximate surface area is 192 Å². The van der Waals surface area contributed by atoms with E-state index in [0.717, 1.165) is 15.3 Å². The van der Waals surface area contributed by atoms with Gasteiger partial charge in [-0.05, 0) is 52.0 Å². The smallest absolute Gasteiger partial charge is 0.339 e. The number of nitrogens with one attached hydrogen (secondary N) is 1. The van der Waals surface area contributed by atoms with E-state index in [-0.39, 0.29) is 17.1 Å². The molecule has 1 atom stereocenters. The molecule has 0 radical (unpaired) electrons. The van der Waals surface area contributed by atoms with Gasteiger partial charge in [-0.3, -0.25) is 4.79 Å². The van der Waals surface area contributed by atoms with Gasteiger partial charge in [0.1, 0.15) is 0 Å². The second-order valence-electron chi connectivity index (χ2n) is 7.85. The van der Waals surface area contributed by atoms with E-state index in [1.54, 1.807) is 55.5 Å². The van der Waals surface area contributed by atoms with E-state index in [0.29, 0.717) is 33.2 Å². The molecule has 1 N–H and O–H groups in total. The number of H-pyrrole nitrogens is 1. The SMILES string of the molecule is Cc1cc(-c2cc(C(=O)OC(C)c3nc4ccccc4c(=O)[nH]3)c3c(C)noc3n2)c(C)s1. The van der Waals surface area contributed by atoms with Crippen molar-refractivity contribution in [2.75, 3.05) is 0 Å². The monoisotopic (exact) mass is 460 g/mol. The van der Waals surface area contributed by atoms with E-state index >= 15 is 0 Å². The third-order valence-electron chi connectivity index (χ3n) is 5.45. The van der Waals surface area contributed by atoms with Crippen molar-refractivity contribution in [2.45, 2.75) is 33.8 Å². The van der Waals surface area contributed by atoms with Crippen molar-refractivity contribution in [3.05, 3.63) is 73.6 Å². The Kier molecular flexibility index (Phi) is 5.05. The van der Waals surface area contributed by atoms with Gasteiger partial charge in [-0.25, -0.2) is 14.8 Å². The summed E-state index contributed by atoms with van der Waals surface area (Å²) in [4.78, 5) is 39.7. The zero-order valence-corrected chi connectivity index (χ0v) is 19.2. The van der Waals surface area contributed by atoms with E-state index in [1.165, 1.54) is 0 Å². The van der Waals surface area contributed by atoms with Crippen LogP contribution in [0.2, 0.25) is 0 Å². The number of nitrogens with zero attached hydrogens (tertiary/aromatic N) is 3. The molecule has 33 heavy (non-hydrogen) atoms. The van der Waals surface area contributed by atoms with Crippen LogP contribution < -0.4 is 5.56 Å². The van der Waals surface area contributed by atoms with Crippen LogP contribution >= 0.6 is 11.3 Å². The van der Waals surface area contributed by atoms with E-state index in [4.69, 9.17) is 9.26 Å². The summed E-state index contributed by atoms with van der Waals surface area (Å²) in [6.45, 7) is 7.44. The van der Waals surface area contributed by atoms with Crippen LogP contribution in [0.5, 0.6) is 0 Å². The minimum atomic E-state index is -0.785. The molecular formula is C24H20N4O4S. The molecule has 166 valence electrons. The molecule has 0 spiro atoms. The molecule has 9 heteroatoms. The van der Waals surface area contributed by atoms with E-state index in [1.807, 2.05) is 19.9 Å². The first kappa shape index (κ1) is 21.0. The number of carbonyl (C=O) groups excluding carboxylic acids is 1. The van der Waals surface area contributed by atoms with Gasteiger partial charge >= 0.3 is 5.97 Å². The molecule has 1 unspecified atom stereocenters. The van der Waals surface area contributed by atoms with Gasteiger partial charge in [0.2, 0.25) is 0 Å². The van der Waals surface area contributed by atoms with Crippen LogP contribution in [0.4, 0.5) is 0 Å². The van der Waals surface area contributed by atoms with Crippen molar-refractivity contribution in [1.29, 1.82) is 0 Å². The van der Waals surface area contributed by atoms with Crippen LogP contribution in [0, 0.1) is 20.8 Å². The number of hydrogen-bond donors (Lipinski definition) is 1. The lowest BCUT2D eigenvalue weighted by Crippen LogP contribution is -2.17. The topological polar surface area (TPSA) is 111 Å². The molecule has 4 heterocycles. The number of carbonyl (C=O) groups is 1. The zero-order chi connectivity index (χ0) is 23.3. The fourth-order valence-electron chi connectivity index (χ4n) is 3.86. The molecule has 0 saturated heterocycles. The molecule has 0 aliphatic carbocycles. The molecule has 0 aliphatic heterocycles. The minimum Gasteiger partial charge on any atom is -0.451 e. The second kappa shape index (κ2) is 7.93. The quantitative estimate of drug-likeness (QED) is 0.374. The third kappa shape index (κ3) is 3.70. The standard InChI is InChI=1S/C24H20N4O4S/c1-11-9-16(14(4)33-11)19-10-17(20-12(2)28-32-23(20)26-19)24(30)31-13(3)21-25-18-8-6-5-7-15(18)22(29)27-21/h5-10,13H,1-4H3,(H,25,27,29).